The molecule has 1 aliphatic heterocycles. The quantitative estimate of drug-likeness (QED) is 0.885. The Kier molecular flexibility index (Phi) is 4.37. The number of aryl methyl sites for hydroxylation is 1. The molecule has 3 heteroatoms. The normalized spacial score (nSPS) is 19.9. The average molecular weight is 246 g/mol. The zero-order valence-corrected chi connectivity index (χ0v) is 11.3. The van der Waals surface area contributed by atoms with E-state index in [9.17, 15) is 4.79 Å². The van der Waals surface area contributed by atoms with Gasteiger partial charge in [0, 0.05) is 18.7 Å². The molecule has 1 N–H and O–H groups in total. The molecule has 1 aromatic carbocycles. The molecule has 0 radical (unpaired) electrons. The number of likely N-dealkylation sites (tertiary alicyclic amines) is 1. The van der Waals surface area contributed by atoms with Gasteiger partial charge in [0.15, 0.2) is 0 Å². The van der Waals surface area contributed by atoms with Crippen molar-refractivity contribution in [3.8, 4) is 0 Å². The summed E-state index contributed by atoms with van der Waals surface area (Å²) in [4.78, 5) is 14.4. The Hall–Kier alpha value is -1.35. The number of carbonyl (C=O) groups is 1. The fourth-order valence-corrected chi connectivity index (χ4v) is 2.58. The van der Waals surface area contributed by atoms with Gasteiger partial charge in [0.2, 0.25) is 0 Å². The number of nitrogens with one attached hydrogen (secondary N) is 1. The van der Waals surface area contributed by atoms with E-state index < -0.39 is 0 Å². The molecule has 1 aromatic rings. The van der Waals surface area contributed by atoms with Gasteiger partial charge in [0.25, 0.3) is 5.91 Å². The Morgan fingerprint density at radius 3 is 2.78 bits per heavy atom. The molecule has 1 unspecified atom stereocenters. The molecular weight excluding hydrogens is 224 g/mol. The first-order valence-electron chi connectivity index (χ1n) is 6.71. The predicted molar refractivity (Wildman–Crippen MR) is 73.7 cm³/mol. The van der Waals surface area contributed by atoms with Gasteiger partial charge in [-0.25, -0.2) is 0 Å². The molecule has 0 aromatic heterocycles. The fourth-order valence-electron chi connectivity index (χ4n) is 2.58. The van der Waals surface area contributed by atoms with Crippen LogP contribution in [0.2, 0.25) is 0 Å². The van der Waals surface area contributed by atoms with E-state index in [1.54, 1.807) is 0 Å². The van der Waals surface area contributed by atoms with Crippen LogP contribution in [-0.2, 0) is 0 Å². The lowest BCUT2D eigenvalue weighted by Gasteiger charge is -2.32. The minimum atomic E-state index is 0.177. The molecule has 2 rings (SSSR count). The van der Waals surface area contributed by atoms with Gasteiger partial charge in [-0.15, -0.1) is 0 Å². The Morgan fingerprint density at radius 1 is 1.39 bits per heavy atom. The zero-order chi connectivity index (χ0) is 13.0. The summed E-state index contributed by atoms with van der Waals surface area (Å²) >= 11 is 0. The first-order valence-corrected chi connectivity index (χ1v) is 6.71. The van der Waals surface area contributed by atoms with Crippen LogP contribution in [0.1, 0.15) is 28.8 Å². The lowest BCUT2D eigenvalue weighted by atomic mass is 9.97. The van der Waals surface area contributed by atoms with Crippen LogP contribution in [0.3, 0.4) is 0 Å². The summed E-state index contributed by atoms with van der Waals surface area (Å²) in [6.07, 6.45) is 2.34. The van der Waals surface area contributed by atoms with Gasteiger partial charge in [0.1, 0.15) is 0 Å². The lowest BCUT2D eigenvalue weighted by molar-refractivity contribution is 0.0674. The Morgan fingerprint density at radius 2 is 2.11 bits per heavy atom. The van der Waals surface area contributed by atoms with Crippen molar-refractivity contribution in [2.75, 3.05) is 26.7 Å². The number of hydrogen-bond donors (Lipinski definition) is 1. The van der Waals surface area contributed by atoms with Crippen molar-refractivity contribution >= 4 is 5.91 Å². The van der Waals surface area contributed by atoms with Crippen molar-refractivity contribution in [2.24, 2.45) is 5.92 Å². The van der Waals surface area contributed by atoms with Crippen LogP contribution in [-0.4, -0.2) is 37.5 Å². The molecule has 1 heterocycles. The van der Waals surface area contributed by atoms with E-state index in [0.717, 1.165) is 31.6 Å². The maximum absolute atomic E-state index is 12.4. The summed E-state index contributed by atoms with van der Waals surface area (Å²) in [5.74, 6) is 0.772. The summed E-state index contributed by atoms with van der Waals surface area (Å²) in [6.45, 7) is 4.82. The highest BCUT2D eigenvalue weighted by Crippen LogP contribution is 2.18. The first kappa shape index (κ1) is 13.1. The van der Waals surface area contributed by atoms with Crippen molar-refractivity contribution in [1.82, 2.24) is 10.2 Å². The molecule has 0 aliphatic carbocycles. The van der Waals surface area contributed by atoms with E-state index >= 15 is 0 Å². The van der Waals surface area contributed by atoms with E-state index in [2.05, 4.69) is 5.32 Å². The molecule has 1 saturated heterocycles. The van der Waals surface area contributed by atoms with Crippen LogP contribution < -0.4 is 5.32 Å². The molecule has 1 atom stereocenters. The lowest BCUT2D eigenvalue weighted by Crippen LogP contribution is -2.42. The van der Waals surface area contributed by atoms with Crippen LogP contribution in [0.4, 0.5) is 0 Å². The van der Waals surface area contributed by atoms with E-state index in [1.807, 2.05) is 43.1 Å². The van der Waals surface area contributed by atoms with Crippen LogP contribution in [0.15, 0.2) is 24.3 Å². The summed E-state index contributed by atoms with van der Waals surface area (Å²) in [6, 6.07) is 7.86. The predicted octanol–water partition coefficient (Wildman–Crippen LogP) is 2.07. The number of nitrogens with zero attached hydrogens (tertiary/aromatic N) is 1. The standard InChI is InChI=1S/C15H22N2O/c1-12-5-7-14(8-6-12)15(18)17-9-3-4-13(11-17)10-16-2/h5-8,13,16H,3-4,9-11H2,1-2H3. The summed E-state index contributed by atoms with van der Waals surface area (Å²) in [5.41, 5.74) is 2.00. The van der Waals surface area contributed by atoms with E-state index in [0.29, 0.717) is 5.92 Å². The summed E-state index contributed by atoms with van der Waals surface area (Å²) < 4.78 is 0. The van der Waals surface area contributed by atoms with E-state index in [1.165, 1.54) is 12.0 Å². The largest absolute Gasteiger partial charge is 0.338 e. The molecular formula is C15H22N2O. The smallest absolute Gasteiger partial charge is 0.253 e. The molecule has 98 valence electrons. The number of amides is 1. The number of carbonyl (C=O) groups excluding carboxylic acids is 1. The number of benzene rings is 1. The van der Waals surface area contributed by atoms with E-state index in [4.69, 9.17) is 0 Å². The molecule has 0 bridgehead atoms. The maximum Gasteiger partial charge on any atom is 0.253 e. The molecule has 3 nitrogen and oxygen atoms in total. The first-order chi connectivity index (χ1) is 8.70. The van der Waals surface area contributed by atoms with Gasteiger partial charge >= 0.3 is 0 Å². The summed E-state index contributed by atoms with van der Waals surface area (Å²) in [7, 11) is 1.97. The molecule has 1 fully saturated rings. The van der Waals surface area contributed by atoms with Gasteiger partial charge in [-0.3, -0.25) is 4.79 Å². The van der Waals surface area contributed by atoms with E-state index in [-0.39, 0.29) is 5.91 Å². The molecule has 0 saturated carbocycles. The topological polar surface area (TPSA) is 32.3 Å². The van der Waals surface area contributed by atoms with Gasteiger partial charge in [-0.1, -0.05) is 17.7 Å². The van der Waals surface area contributed by atoms with Crippen molar-refractivity contribution in [3.05, 3.63) is 35.4 Å². The van der Waals surface area contributed by atoms with Crippen LogP contribution in [0, 0.1) is 12.8 Å². The SMILES string of the molecule is CNCC1CCCN(C(=O)c2ccc(C)cc2)C1. The Balaban J connectivity index is 2.02. The fraction of sp³-hybridized carbons (Fsp3) is 0.533. The van der Waals surface area contributed by atoms with Gasteiger partial charge in [-0.2, -0.15) is 0 Å². The second-order valence-electron chi connectivity index (χ2n) is 5.18. The highest BCUT2D eigenvalue weighted by Gasteiger charge is 2.23. The van der Waals surface area contributed by atoms with Crippen molar-refractivity contribution in [1.29, 1.82) is 0 Å². The molecule has 1 aliphatic rings. The zero-order valence-electron chi connectivity index (χ0n) is 11.3. The van der Waals surface area contributed by atoms with Gasteiger partial charge in [-0.05, 0) is 51.4 Å². The molecule has 1 amide bonds. The second-order valence-corrected chi connectivity index (χ2v) is 5.18. The maximum atomic E-state index is 12.4. The van der Waals surface area contributed by atoms with Crippen LogP contribution in [0.25, 0.3) is 0 Å². The minimum Gasteiger partial charge on any atom is -0.338 e. The van der Waals surface area contributed by atoms with Gasteiger partial charge in [0.05, 0.1) is 0 Å². The van der Waals surface area contributed by atoms with Crippen LogP contribution >= 0.6 is 0 Å². The Labute approximate surface area is 109 Å². The minimum absolute atomic E-state index is 0.177. The van der Waals surface area contributed by atoms with Crippen LogP contribution in [0.5, 0.6) is 0 Å². The monoisotopic (exact) mass is 246 g/mol. The second kappa shape index (κ2) is 6.01. The third-order valence-corrected chi connectivity index (χ3v) is 3.60. The highest BCUT2D eigenvalue weighted by atomic mass is 16.2. The van der Waals surface area contributed by atoms with Crippen molar-refractivity contribution in [2.45, 2.75) is 19.8 Å². The summed E-state index contributed by atoms with van der Waals surface area (Å²) in [5, 5.41) is 3.21. The molecule has 0 spiro atoms. The number of piperidine rings is 1. The Bertz CT molecular complexity index is 397. The van der Waals surface area contributed by atoms with Crippen molar-refractivity contribution < 1.29 is 4.79 Å². The van der Waals surface area contributed by atoms with Crippen molar-refractivity contribution in [3.63, 3.8) is 0 Å². The highest BCUT2D eigenvalue weighted by molar-refractivity contribution is 5.94. The third-order valence-electron chi connectivity index (χ3n) is 3.60. The molecule has 18 heavy (non-hydrogen) atoms. The average Bonchev–Trinajstić information content (AvgIpc) is 2.39. The number of rotatable bonds is 3. The number of hydrogen-bond acceptors (Lipinski definition) is 2. The van der Waals surface area contributed by atoms with Gasteiger partial charge < -0.3 is 10.2 Å². The third kappa shape index (κ3) is 3.10.